The third kappa shape index (κ3) is 6.41. The third-order valence-electron chi connectivity index (χ3n) is 16.9. The highest BCUT2D eigenvalue weighted by Gasteiger charge is 2.52. The number of rotatable bonds is 8. The van der Waals surface area contributed by atoms with Crippen LogP contribution in [0.5, 0.6) is 0 Å². The first kappa shape index (κ1) is 42.7. The van der Waals surface area contributed by atoms with Crippen LogP contribution in [0.25, 0.3) is 44.5 Å². The van der Waals surface area contributed by atoms with Gasteiger partial charge >= 0.3 is 0 Å². The van der Waals surface area contributed by atoms with Crippen LogP contribution >= 0.6 is 0 Å². The molecule has 1 saturated carbocycles. The second kappa shape index (κ2) is 16.7. The molecule has 72 heavy (non-hydrogen) atoms. The van der Waals surface area contributed by atoms with E-state index < -0.39 is 5.41 Å². The van der Waals surface area contributed by atoms with Gasteiger partial charge in [0.1, 0.15) is 0 Å². The van der Waals surface area contributed by atoms with Crippen molar-refractivity contribution in [2.45, 2.75) is 62.7 Å². The van der Waals surface area contributed by atoms with Gasteiger partial charge in [0, 0.05) is 39.4 Å². The SMILES string of the molecule is CC1(C)c2ccccc2-c2cc(N(c3ccccc3)c3ccc4c(c3)C3(c5ccccc5-4)c4ccccc4-c4cc(-c5ccccc5)c(N(c5ccccc5)c5ccc(C6CCCCC6)cc5)cc43)ccc21. The van der Waals surface area contributed by atoms with Gasteiger partial charge in [-0.3, -0.25) is 0 Å². The Balaban J connectivity index is 1.02. The van der Waals surface area contributed by atoms with Gasteiger partial charge < -0.3 is 9.80 Å². The quantitative estimate of drug-likeness (QED) is 0.150. The molecule has 1 atom stereocenters. The van der Waals surface area contributed by atoms with Crippen molar-refractivity contribution in [2.75, 3.05) is 9.80 Å². The summed E-state index contributed by atoms with van der Waals surface area (Å²) in [6.45, 7) is 4.73. The fourth-order valence-corrected chi connectivity index (χ4v) is 13.5. The molecule has 0 aromatic heterocycles. The van der Waals surface area contributed by atoms with Crippen LogP contribution in [0.1, 0.15) is 90.8 Å². The summed E-state index contributed by atoms with van der Waals surface area (Å²) in [4.78, 5) is 5.00. The topological polar surface area (TPSA) is 6.48 Å². The predicted octanol–water partition coefficient (Wildman–Crippen LogP) is 19.0. The maximum atomic E-state index is 2.58. The van der Waals surface area contributed by atoms with E-state index in [0.29, 0.717) is 5.92 Å². The summed E-state index contributed by atoms with van der Waals surface area (Å²) in [5, 5.41) is 0. The molecule has 346 valence electrons. The molecule has 0 aliphatic heterocycles. The number of anilines is 6. The summed E-state index contributed by atoms with van der Waals surface area (Å²) < 4.78 is 0. The van der Waals surface area contributed by atoms with Gasteiger partial charge in [-0.25, -0.2) is 0 Å². The number of nitrogens with zero attached hydrogens (tertiary/aromatic N) is 2. The first-order valence-electron chi connectivity index (χ1n) is 26.1. The van der Waals surface area contributed by atoms with Crippen LogP contribution in [-0.4, -0.2) is 0 Å². The lowest BCUT2D eigenvalue weighted by molar-refractivity contribution is 0.443. The Morgan fingerprint density at radius 3 is 1.44 bits per heavy atom. The van der Waals surface area contributed by atoms with E-state index in [-0.39, 0.29) is 5.41 Å². The van der Waals surface area contributed by atoms with Crippen LogP contribution in [-0.2, 0) is 10.8 Å². The molecule has 1 fully saturated rings. The van der Waals surface area contributed by atoms with Crippen molar-refractivity contribution in [1.29, 1.82) is 0 Å². The van der Waals surface area contributed by atoms with Crippen LogP contribution < -0.4 is 9.80 Å². The van der Waals surface area contributed by atoms with Gasteiger partial charge in [0.15, 0.2) is 0 Å². The number of benzene rings is 10. The largest absolute Gasteiger partial charge is 0.310 e. The molecule has 1 spiro atoms. The van der Waals surface area contributed by atoms with Crippen molar-refractivity contribution >= 4 is 34.1 Å². The highest BCUT2D eigenvalue weighted by Crippen LogP contribution is 2.65. The minimum Gasteiger partial charge on any atom is -0.310 e. The second-order valence-corrected chi connectivity index (χ2v) is 21.0. The van der Waals surface area contributed by atoms with Crippen LogP contribution in [0.3, 0.4) is 0 Å². The Hall–Kier alpha value is -8.20. The predicted molar refractivity (Wildman–Crippen MR) is 301 cm³/mol. The van der Waals surface area contributed by atoms with Crippen molar-refractivity contribution in [2.24, 2.45) is 0 Å². The van der Waals surface area contributed by atoms with Crippen molar-refractivity contribution < 1.29 is 0 Å². The minimum absolute atomic E-state index is 0.0786. The minimum atomic E-state index is -0.603. The summed E-state index contributed by atoms with van der Waals surface area (Å²) in [7, 11) is 0. The summed E-state index contributed by atoms with van der Waals surface area (Å²) >= 11 is 0. The Kier molecular flexibility index (Phi) is 9.90. The molecule has 1 unspecified atom stereocenters. The zero-order chi connectivity index (χ0) is 48.0. The molecule has 4 aliphatic carbocycles. The van der Waals surface area contributed by atoms with Gasteiger partial charge in [-0.15, -0.1) is 0 Å². The fraction of sp³-hybridized carbons (Fsp3) is 0.143. The highest BCUT2D eigenvalue weighted by molar-refractivity contribution is 6.01. The molecule has 10 aromatic rings. The van der Waals surface area contributed by atoms with Gasteiger partial charge in [0.25, 0.3) is 0 Å². The van der Waals surface area contributed by atoms with E-state index in [2.05, 4.69) is 260 Å². The second-order valence-electron chi connectivity index (χ2n) is 21.0. The summed E-state index contributed by atoms with van der Waals surface area (Å²) in [6, 6.07) is 89.6. The summed E-state index contributed by atoms with van der Waals surface area (Å²) in [5.74, 6) is 0.632. The normalized spacial score (nSPS) is 16.6. The average Bonchev–Trinajstić information content (AvgIpc) is 3.99. The smallest absolute Gasteiger partial charge is 0.0727 e. The van der Waals surface area contributed by atoms with Crippen LogP contribution in [0.4, 0.5) is 34.1 Å². The number of hydrogen-bond acceptors (Lipinski definition) is 2. The Labute approximate surface area is 424 Å². The molecule has 0 N–H and O–H groups in total. The number of hydrogen-bond donors (Lipinski definition) is 0. The van der Waals surface area contributed by atoms with Crippen LogP contribution in [0, 0.1) is 0 Å². The van der Waals surface area contributed by atoms with Gasteiger partial charge in [-0.2, -0.15) is 0 Å². The Morgan fingerprint density at radius 1 is 0.319 bits per heavy atom. The molecule has 4 aliphatic rings. The van der Waals surface area contributed by atoms with Crippen molar-refractivity contribution in [3.63, 3.8) is 0 Å². The lowest BCUT2D eigenvalue weighted by Crippen LogP contribution is -2.26. The molecule has 0 saturated heterocycles. The van der Waals surface area contributed by atoms with E-state index in [1.54, 1.807) is 0 Å². The third-order valence-corrected chi connectivity index (χ3v) is 16.9. The van der Waals surface area contributed by atoms with Crippen molar-refractivity contribution in [3.05, 3.63) is 276 Å². The van der Waals surface area contributed by atoms with Crippen molar-refractivity contribution in [1.82, 2.24) is 0 Å². The fourth-order valence-electron chi connectivity index (χ4n) is 13.5. The number of fused-ring (bicyclic) bond motifs is 13. The summed E-state index contributed by atoms with van der Waals surface area (Å²) in [6.07, 6.45) is 6.55. The molecule has 0 bridgehead atoms. The van der Waals surface area contributed by atoms with E-state index in [4.69, 9.17) is 0 Å². The van der Waals surface area contributed by atoms with E-state index in [1.807, 2.05) is 0 Å². The van der Waals surface area contributed by atoms with Gasteiger partial charge in [-0.05, 0) is 169 Å². The van der Waals surface area contributed by atoms with Crippen LogP contribution in [0.2, 0.25) is 0 Å². The monoisotopic (exact) mass is 924 g/mol. The average molecular weight is 925 g/mol. The van der Waals surface area contributed by atoms with Crippen LogP contribution in [0.15, 0.2) is 237 Å². The van der Waals surface area contributed by atoms with Gasteiger partial charge in [0.2, 0.25) is 0 Å². The highest BCUT2D eigenvalue weighted by atomic mass is 15.1. The Morgan fingerprint density at radius 2 is 0.778 bits per heavy atom. The van der Waals surface area contributed by atoms with Crippen molar-refractivity contribution in [3.8, 4) is 44.5 Å². The maximum Gasteiger partial charge on any atom is 0.0727 e. The standard InChI is InChI=1S/C70H56N2/c1-69(2)62-32-18-15-30-56(62)60-43-53(40-42-63(60)69)71(50-25-11-5-12-26-50)54-39-41-58-55-29-16-19-33-64(55)70(66(58)44-54)65-34-20-17-31-57(65)61-45-59(49-23-9-4-10-24-49)68(46-67(61)70)72(51-27-13-6-14-28-51)52-37-35-48(36-38-52)47-21-7-3-8-22-47/h4-6,9-20,23-47H,3,7-8,21-22H2,1-2H3. The number of para-hydroxylation sites is 2. The van der Waals surface area contributed by atoms with E-state index in [0.717, 1.165) is 34.1 Å². The molecule has 0 heterocycles. The molecular formula is C70H56N2. The first-order chi connectivity index (χ1) is 35.5. The van der Waals surface area contributed by atoms with Gasteiger partial charge in [0.05, 0.1) is 11.1 Å². The van der Waals surface area contributed by atoms with Gasteiger partial charge in [-0.1, -0.05) is 197 Å². The van der Waals surface area contributed by atoms with E-state index in [9.17, 15) is 0 Å². The lowest BCUT2D eigenvalue weighted by Gasteiger charge is -2.34. The maximum absolute atomic E-state index is 2.58. The zero-order valence-electron chi connectivity index (χ0n) is 41.0. The Bertz CT molecular complexity index is 3700. The molecule has 10 aromatic carbocycles. The van der Waals surface area contributed by atoms with E-state index in [1.165, 1.54) is 116 Å². The van der Waals surface area contributed by atoms with E-state index >= 15 is 0 Å². The summed E-state index contributed by atoms with van der Waals surface area (Å²) in [5.41, 5.74) is 25.8. The first-order valence-corrected chi connectivity index (χ1v) is 26.1. The lowest BCUT2D eigenvalue weighted by atomic mass is 9.70. The molecule has 14 rings (SSSR count). The molecule has 0 amide bonds. The molecule has 0 radical (unpaired) electrons. The zero-order valence-corrected chi connectivity index (χ0v) is 41.0. The molecule has 2 heteroatoms. The molecule has 2 nitrogen and oxygen atoms in total. The molecular weight excluding hydrogens is 869 g/mol.